The van der Waals surface area contributed by atoms with Crippen molar-refractivity contribution in [2.45, 2.75) is 32.4 Å². The van der Waals surface area contributed by atoms with Gasteiger partial charge in [0.05, 0.1) is 20.4 Å². The molecule has 2 aromatic heterocycles. The summed E-state index contributed by atoms with van der Waals surface area (Å²) in [7, 11) is 2.07. The van der Waals surface area contributed by atoms with Crippen LogP contribution in [0, 0.1) is 0 Å². The van der Waals surface area contributed by atoms with E-state index in [2.05, 4.69) is 27.6 Å². The minimum Gasteiger partial charge on any atom is -0.342 e. The van der Waals surface area contributed by atoms with E-state index in [1.807, 2.05) is 38.1 Å². The van der Waals surface area contributed by atoms with Crippen LogP contribution in [0.15, 0.2) is 36.4 Å². The maximum Gasteiger partial charge on any atom is 0.284 e. The molecule has 0 unspecified atom stereocenters. The largest absolute Gasteiger partial charge is 0.342 e. The highest BCUT2D eigenvalue weighted by Gasteiger charge is 2.28. The quantitative estimate of drug-likeness (QED) is 0.559. The van der Waals surface area contributed by atoms with Crippen molar-refractivity contribution in [3.05, 3.63) is 66.8 Å². The number of nitrogens with zero attached hydrogens (tertiary/aromatic N) is 2. The number of nitrogens with one attached hydrogen (secondary N) is 2. The second-order valence-electron chi connectivity index (χ2n) is 8.06. The molecule has 6 nitrogen and oxygen atoms in total. The molecule has 0 saturated heterocycles. The number of likely N-dealkylation sites (N-methyl/N-ethyl adjacent to an activating group) is 1. The lowest BCUT2D eigenvalue weighted by Crippen LogP contribution is -2.41. The van der Waals surface area contributed by atoms with Gasteiger partial charge in [0.1, 0.15) is 0 Å². The van der Waals surface area contributed by atoms with Gasteiger partial charge in [-0.3, -0.25) is 9.59 Å². The van der Waals surface area contributed by atoms with Crippen LogP contribution in [0.1, 0.15) is 49.5 Å². The van der Waals surface area contributed by atoms with Crippen LogP contribution in [0.25, 0.3) is 0 Å². The Kier molecular flexibility index (Phi) is 6.16. The Morgan fingerprint density at radius 3 is 2.65 bits per heavy atom. The van der Waals surface area contributed by atoms with Crippen molar-refractivity contribution in [2.24, 2.45) is 0 Å². The standard InChI is InChI=1S/C22H23ClN4O2S2/c1-22(2,26-19(28)16-8-9-18(23)30-16)13-6-4-5-7-14(13)24-20(29)21-25-15-10-11-27(3)12-17(15)31-21/h4-9H,10-12H2,1-3H3,(H,24,29)(H,26,28). The Hall–Kier alpha value is -2.26. The van der Waals surface area contributed by atoms with Crippen molar-refractivity contribution >= 4 is 51.8 Å². The van der Waals surface area contributed by atoms with Crippen LogP contribution >= 0.6 is 34.3 Å². The van der Waals surface area contributed by atoms with E-state index in [1.165, 1.54) is 22.7 Å². The van der Waals surface area contributed by atoms with Crippen molar-refractivity contribution in [1.29, 1.82) is 0 Å². The first-order valence-electron chi connectivity index (χ1n) is 9.89. The van der Waals surface area contributed by atoms with Crippen LogP contribution in [-0.2, 0) is 18.5 Å². The summed E-state index contributed by atoms with van der Waals surface area (Å²) in [6.45, 7) is 5.58. The highest BCUT2D eigenvalue weighted by molar-refractivity contribution is 7.18. The molecule has 2 amide bonds. The zero-order valence-corrected chi connectivity index (χ0v) is 19.9. The van der Waals surface area contributed by atoms with Crippen LogP contribution < -0.4 is 10.6 Å². The van der Waals surface area contributed by atoms with Crippen molar-refractivity contribution < 1.29 is 9.59 Å². The Labute approximate surface area is 194 Å². The SMILES string of the molecule is CN1CCc2nc(C(=O)Nc3ccccc3C(C)(C)NC(=O)c3ccc(Cl)s3)sc2C1. The number of fused-ring (bicyclic) bond motifs is 1. The van der Waals surface area contributed by atoms with Gasteiger partial charge in [-0.2, -0.15) is 0 Å². The van der Waals surface area contributed by atoms with E-state index in [0.717, 1.165) is 35.6 Å². The topological polar surface area (TPSA) is 74.3 Å². The molecule has 9 heteroatoms. The average molecular weight is 475 g/mol. The molecule has 2 N–H and O–H groups in total. The predicted molar refractivity (Wildman–Crippen MR) is 126 cm³/mol. The molecule has 0 fully saturated rings. The van der Waals surface area contributed by atoms with Gasteiger partial charge in [0.2, 0.25) is 0 Å². The van der Waals surface area contributed by atoms with E-state index < -0.39 is 5.54 Å². The molecule has 0 atom stereocenters. The number of carbonyl (C=O) groups excluding carboxylic acids is 2. The number of benzene rings is 1. The van der Waals surface area contributed by atoms with Gasteiger partial charge >= 0.3 is 0 Å². The zero-order chi connectivity index (χ0) is 22.2. The van der Waals surface area contributed by atoms with Gasteiger partial charge < -0.3 is 15.5 Å². The minimum absolute atomic E-state index is 0.209. The van der Waals surface area contributed by atoms with Gasteiger partial charge in [-0.15, -0.1) is 22.7 Å². The first-order chi connectivity index (χ1) is 14.7. The molecule has 1 aromatic carbocycles. The maximum absolute atomic E-state index is 13.0. The van der Waals surface area contributed by atoms with Crippen LogP contribution in [0.3, 0.4) is 0 Å². The molecule has 31 heavy (non-hydrogen) atoms. The van der Waals surface area contributed by atoms with Crippen molar-refractivity contribution in [3.63, 3.8) is 0 Å². The monoisotopic (exact) mass is 474 g/mol. The molecule has 0 saturated carbocycles. The Bertz CT molecular complexity index is 1140. The number of thiazole rings is 1. The molecule has 0 radical (unpaired) electrons. The summed E-state index contributed by atoms with van der Waals surface area (Å²) in [6.07, 6.45) is 0.859. The third-order valence-corrected chi connectivity index (χ3v) is 7.50. The van der Waals surface area contributed by atoms with Crippen LogP contribution in [0.2, 0.25) is 4.34 Å². The van der Waals surface area contributed by atoms with Crippen LogP contribution in [0.5, 0.6) is 0 Å². The highest BCUT2D eigenvalue weighted by Crippen LogP contribution is 2.31. The second-order valence-corrected chi connectivity index (χ2v) is 10.9. The number of carbonyl (C=O) groups is 2. The zero-order valence-electron chi connectivity index (χ0n) is 17.5. The van der Waals surface area contributed by atoms with Crippen LogP contribution in [-0.4, -0.2) is 35.3 Å². The molecule has 1 aliphatic rings. The molecule has 162 valence electrons. The lowest BCUT2D eigenvalue weighted by atomic mass is 9.92. The van der Waals surface area contributed by atoms with E-state index in [9.17, 15) is 9.59 Å². The second kappa shape index (κ2) is 8.70. The first-order valence-corrected chi connectivity index (χ1v) is 11.9. The Morgan fingerprint density at radius 1 is 1.13 bits per heavy atom. The van der Waals surface area contributed by atoms with Crippen molar-refractivity contribution in [3.8, 4) is 0 Å². The summed E-state index contributed by atoms with van der Waals surface area (Å²) in [6, 6.07) is 10.9. The fourth-order valence-corrected chi connectivity index (χ4v) is 5.60. The number of rotatable bonds is 5. The fraction of sp³-hybridized carbons (Fsp3) is 0.318. The van der Waals surface area contributed by atoms with E-state index in [0.29, 0.717) is 19.9 Å². The molecule has 0 spiro atoms. The number of amides is 2. The Morgan fingerprint density at radius 2 is 1.90 bits per heavy atom. The number of hydrogen-bond acceptors (Lipinski definition) is 6. The average Bonchev–Trinajstić information content (AvgIpc) is 3.34. The van der Waals surface area contributed by atoms with Gasteiger partial charge in [0, 0.05) is 35.6 Å². The third kappa shape index (κ3) is 4.82. The summed E-state index contributed by atoms with van der Waals surface area (Å²) < 4.78 is 0.563. The lowest BCUT2D eigenvalue weighted by molar-refractivity contribution is 0.0916. The molecule has 3 aromatic rings. The summed E-state index contributed by atoms with van der Waals surface area (Å²) in [4.78, 5) is 34.1. The molecule has 4 rings (SSSR count). The molecular formula is C22H23ClN4O2S2. The summed E-state index contributed by atoms with van der Waals surface area (Å²) >= 11 is 8.64. The molecule has 3 heterocycles. The van der Waals surface area contributed by atoms with E-state index in [-0.39, 0.29) is 11.8 Å². The predicted octanol–water partition coefficient (Wildman–Crippen LogP) is 4.76. The molecular weight excluding hydrogens is 452 g/mol. The first kappa shape index (κ1) is 22.0. The fourth-order valence-electron chi connectivity index (χ4n) is 3.58. The summed E-state index contributed by atoms with van der Waals surface area (Å²) in [5.41, 5.74) is 1.75. The van der Waals surface area contributed by atoms with Gasteiger partial charge in [0.25, 0.3) is 11.8 Å². The van der Waals surface area contributed by atoms with Crippen LogP contribution in [0.4, 0.5) is 5.69 Å². The maximum atomic E-state index is 13.0. The summed E-state index contributed by atoms with van der Waals surface area (Å²) in [5, 5.41) is 6.50. The lowest BCUT2D eigenvalue weighted by Gasteiger charge is -2.29. The van der Waals surface area contributed by atoms with Gasteiger partial charge in [-0.1, -0.05) is 29.8 Å². The number of thiophene rings is 1. The number of aromatic nitrogens is 1. The molecule has 0 aliphatic carbocycles. The smallest absolute Gasteiger partial charge is 0.284 e. The molecule has 1 aliphatic heterocycles. The Balaban J connectivity index is 1.54. The normalized spacial score (nSPS) is 14.2. The van der Waals surface area contributed by atoms with Crippen molar-refractivity contribution in [1.82, 2.24) is 15.2 Å². The molecule has 0 bridgehead atoms. The number of hydrogen-bond donors (Lipinski definition) is 2. The van der Waals surface area contributed by atoms with Gasteiger partial charge in [-0.25, -0.2) is 4.98 Å². The number of anilines is 1. The van der Waals surface area contributed by atoms with Gasteiger partial charge in [-0.05, 0) is 39.1 Å². The number of para-hydroxylation sites is 1. The van der Waals surface area contributed by atoms with Crippen molar-refractivity contribution in [2.75, 3.05) is 18.9 Å². The van der Waals surface area contributed by atoms with Gasteiger partial charge in [0.15, 0.2) is 5.01 Å². The highest BCUT2D eigenvalue weighted by atomic mass is 35.5. The number of halogens is 1. The summed E-state index contributed by atoms with van der Waals surface area (Å²) in [5.74, 6) is -0.443. The van der Waals surface area contributed by atoms with E-state index in [4.69, 9.17) is 11.6 Å². The van der Waals surface area contributed by atoms with E-state index >= 15 is 0 Å². The third-order valence-electron chi connectivity index (χ3n) is 5.19. The minimum atomic E-state index is -0.720. The van der Waals surface area contributed by atoms with E-state index in [1.54, 1.807) is 12.1 Å².